The largest absolute Gasteiger partial charge is 0.309 e. The minimum absolute atomic E-state index is 0.0938. The van der Waals surface area contributed by atoms with Gasteiger partial charge in [-0.25, -0.2) is 4.39 Å². The lowest BCUT2D eigenvalue weighted by Gasteiger charge is -2.15. The summed E-state index contributed by atoms with van der Waals surface area (Å²) in [5.74, 6) is -0.177. The van der Waals surface area contributed by atoms with Crippen LogP contribution in [-0.2, 0) is 0 Å². The Morgan fingerprint density at radius 2 is 2.12 bits per heavy atom. The van der Waals surface area contributed by atoms with Crippen LogP contribution in [0.5, 0.6) is 0 Å². The van der Waals surface area contributed by atoms with E-state index < -0.39 is 0 Å². The summed E-state index contributed by atoms with van der Waals surface area (Å²) in [6, 6.07) is 8.77. The molecule has 1 heterocycles. The van der Waals surface area contributed by atoms with E-state index >= 15 is 0 Å². The van der Waals surface area contributed by atoms with Crippen molar-refractivity contribution in [3.8, 4) is 0 Å². The number of halogens is 2. The van der Waals surface area contributed by atoms with Crippen molar-refractivity contribution >= 4 is 27.3 Å². The molecule has 0 spiro atoms. The Morgan fingerprint density at radius 1 is 1.38 bits per heavy atom. The third-order valence-electron chi connectivity index (χ3n) is 2.43. The van der Waals surface area contributed by atoms with Crippen molar-refractivity contribution in [2.24, 2.45) is 0 Å². The van der Waals surface area contributed by atoms with Gasteiger partial charge in [-0.3, -0.25) is 0 Å². The lowest BCUT2D eigenvalue weighted by molar-refractivity contribution is 0.577. The quantitative estimate of drug-likeness (QED) is 0.905. The molecule has 1 atom stereocenters. The first-order valence-corrected chi connectivity index (χ1v) is 6.55. The molecule has 0 aliphatic carbocycles. The zero-order valence-electron chi connectivity index (χ0n) is 8.71. The van der Waals surface area contributed by atoms with E-state index in [1.807, 2.05) is 30.6 Å². The topological polar surface area (TPSA) is 12.0 Å². The van der Waals surface area contributed by atoms with Crippen molar-refractivity contribution in [2.45, 2.75) is 6.04 Å². The smallest absolute Gasteiger partial charge is 0.128 e. The Balaban J connectivity index is 2.40. The predicted octanol–water partition coefficient (Wildman–Crippen LogP) is 3.96. The SMILES string of the molecule is CNC(c1csc(Br)c1)c1ccccc1F. The minimum Gasteiger partial charge on any atom is -0.309 e. The molecule has 84 valence electrons. The van der Waals surface area contributed by atoms with Gasteiger partial charge in [-0.05, 0) is 46.1 Å². The number of thiophene rings is 1. The highest BCUT2D eigenvalue weighted by molar-refractivity contribution is 9.11. The summed E-state index contributed by atoms with van der Waals surface area (Å²) in [6.07, 6.45) is 0. The van der Waals surface area contributed by atoms with Crippen molar-refractivity contribution in [1.29, 1.82) is 0 Å². The lowest BCUT2D eigenvalue weighted by atomic mass is 10.0. The normalized spacial score (nSPS) is 12.7. The zero-order chi connectivity index (χ0) is 11.5. The Bertz CT molecular complexity index is 483. The molecule has 0 fully saturated rings. The highest BCUT2D eigenvalue weighted by Gasteiger charge is 2.16. The third kappa shape index (κ3) is 2.34. The third-order valence-corrected chi connectivity index (χ3v) is 3.95. The number of benzene rings is 1. The highest BCUT2D eigenvalue weighted by atomic mass is 79.9. The van der Waals surface area contributed by atoms with Crippen molar-refractivity contribution < 1.29 is 4.39 Å². The summed E-state index contributed by atoms with van der Waals surface area (Å²) in [6.45, 7) is 0. The molecule has 0 aliphatic rings. The standard InChI is InChI=1S/C12H11BrFNS/c1-15-12(8-6-11(13)16-7-8)9-4-2-3-5-10(9)14/h2-7,12,15H,1H3. The minimum atomic E-state index is -0.177. The molecule has 16 heavy (non-hydrogen) atoms. The van der Waals surface area contributed by atoms with Crippen molar-refractivity contribution in [3.63, 3.8) is 0 Å². The number of hydrogen-bond donors (Lipinski definition) is 1. The summed E-state index contributed by atoms with van der Waals surface area (Å²) >= 11 is 5.02. The molecule has 1 unspecified atom stereocenters. The van der Waals surface area contributed by atoms with Crippen molar-refractivity contribution in [3.05, 3.63) is 56.4 Å². The molecule has 1 N–H and O–H groups in total. The van der Waals surface area contributed by atoms with Gasteiger partial charge in [0.1, 0.15) is 5.82 Å². The monoisotopic (exact) mass is 299 g/mol. The molecule has 0 bridgehead atoms. The van der Waals surface area contributed by atoms with E-state index in [1.54, 1.807) is 17.4 Å². The summed E-state index contributed by atoms with van der Waals surface area (Å²) < 4.78 is 14.7. The van der Waals surface area contributed by atoms with Crippen LogP contribution in [0.2, 0.25) is 0 Å². The molecular formula is C12H11BrFNS. The summed E-state index contributed by atoms with van der Waals surface area (Å²) in [5.41, 5.74) is 1.75. The molecule has 4 heteroatoms. The molecule has 2 aromatic rings. The first-order valence-electron chi connectivity index (χ1n) is 4.88. The van der Waals surface area contributed by atoms with Crippen LogP contribution in [0.4, 0.5) is 4.39 Å². The van der Waals surface area contributed by atoms with Gasteiger partial charge in [-0.2, -0.15) is 0 Å². The van der Waals surface area contributed by atoms with Crippen LogP contribution in [-0.4, -0.2) is 7.05 Å². The van der Waals surface area contributed by atoms with E-state index in [0.29, 0.717) is 5.56 Å². The number of rotatable bonds is 3. The zero-order valence-corrected chi connectivity index (χ0v) is 11.1. The number of nitrogens with one attached hydrogen (secondary N) is 1. The van der Waals surface area contributed by atoms with Crippen LogP contribution in [0.3, 0.4) is 0 Å². The second-order valence-corrected chi connectivity index (χ2v) is 5.72. The van der Waals surface area contributed by atoms with E-state index in [0.717, 1.165) is 9.35 Å². The van der Waals surface area contributed by atoms with E-state index in [-0.39, 0.29) is 11.9 Å². The molecular weight excluding hydrogens is 289 g/mol. The Morgan fingerprint density at radius 3 is 2.69 bits per heavy atom. The van der Waals surface area contributed by atoms with Crippen LogP contribution in [0, 0.1) is 5.82 Å². The molecule has 1 nitrogen and oxygen atoms in total. The van der Waals surface area contributed by atoms with Gasteiger partial charge in [0.25, 0.3) is 0 Å². The fourth-order valence-electron chi connectivity index (χ4n) is 1.69. The second-order valence-electron chi connectivity index (χ2n) is 3.43. The van der Waals surface area contributed by atoms with E-state index in [9.17, 15) is 4.39 Å². The average Bonchev–Trinajstić information content (AvgIpc) is 2.69. The summed E-state index contributed by atoms with van der Waals surface area (Å²) in [7, 11) is 1.84. The first kappa shape index (κ1) is 11.8. The maximum Gasteiger partial charge on any atom is 0.128 e. The predicted molar refractivity (Wildman–Crippen MR) is 69.3 cm³/mol. The first-order chi connectivity index (χ1) is 7.72. The maximum absolute atomic E-state index is 13.7. The van der Waals surface area contributed by atoms with Crippen LogP contribution >= 0.6 is 27.3 Å². The molecule has 0 amide bonds. The van der Waals surface area contributed by atoms with Crippen LogP contribution in [0.25, 0.3) is 0 Å². The van der Waals surface area contributed by atoms with E-state index in [1.165, 1.54) is 6.07 Å². The van der Waals surface area contributed by atoms with Crippen molar-refractivity contribution in [2.75, 3.05) is 7.05 Å². The van der Waals surface area contributed by atoms with Gasteiger partial charge < -0.3 is 5.32 Å². The Labute approximate surface area is 106 Å². The highest BCUT2D eigenvalue weighted by Crippen LogP contribution is 2.30. The molecule has 0 aliphatic heterocycles. The lowest BCUT2D eigenvalue weighted by Crippen LogP contribution is -2.18. The van der Waals surface area contributed by atoms with Crippen LogP contribution < -0.4 is 5.32 Å². The fourth-order valence-corrected chi connectivity index (χ4v) is 2.89. The van der Waals surface area contributed by atoms with Crippen molar-refractivity contribution in [1.82, 2.24) is 5.32 Å². The van der Waals surface area contributed by atoms with Gasteiger partial charge in [0, 0.05) is 5.56 Å². The molecule has 0 radical (unpaired) electrons. The van der Waals surface area contributed by atoms with Gasteiger partial charge in [0.15, 0.2) is 0 Å². The van der Waals surface area contributed by atoms with Gasteiger partial charge in [-0.1, -0.05) is 18.2 Å². The summed E-state index contributed by atoms with van der Waals surface area (Å²) in [5, 5.41) is 5.16. The maximum atomic E-state index is 13.7. The molecule has 0 saturated carbocycles. The molecule has 2 rings (SSSR count). The number of hydrogen-bond acceptors (Lipinski definition) is 2. The Kier molecular flexibility index (Phi) is 3.74. The van der Waals surface area contributed by atoms with E-state index in [4.69, 9.17) is 0 Å². The second kappa shape index (κ2) is 5.08. The summed E-state index contributed by atoms with van der Waals surface area (Å²) in [4.78, 5) is 0. The van der Waals surface area contributed by atoms with Crippen LogP contribution in [0.15, 0.2) is 39.5 Å². The van der Waals surface area contributed by atoms with Gasteiger partial charge in [0.05, 0.1) is 9.83 Å². The van der Waals surface area contributed by atoms with Gasteiger partial charge >= 0.3 is 0 Å². The molecule has 1 aromatic carbocycles. The van der Waals surface area contributed by atoms with Gasteiger partial charge in [0.2, 0.25) is 0 Å². The Hall–Kier alpha value is -0.710. The molecule has 0 saturated heterocycles. The fraction of sp³-hybridized carbons (Fsp3) is 0.167. The molecule has 1 aromatic heterocycles. The van der Waals surface area contributed by atoms with E-state index in [2.05, 4.69) is 21.2 Å². The average molecular weight is 300 g/mol. The van der Waals surface area contributed by atoms with Gasteiger partial charge in [-0.15, -0.1) is 11.3 Å². The van der Waals surface area contributed by atoms with Crippen LogP contribution in [0.1, 0.15) is 17.2 Å².